The van der Waals surface area contributed by atoms with Gasteiger partial charge in [-0.2, -0.15) is 0 Å². The molecule has 4 heteroatoms. The van der Waals surface area contributed by atoms with Crippen LogP contribution in [0.15, 0.2) is 33.2 Å². The second kappa shape index (κ2) is 3.44. The SMILES string of the molecule is O=C1C=CC(=O)c2c(Br)ccc(Br)c21. The van der Waals surface area contributed by atoms with E-state index < -0.39 is 0 Å². The molecular formula is C10H4Br2O2. The highest BCUT2D eigenvalue weighted by atomic mass is 79.9. The Morgan fingerprint density at radius 1 is 0.786 bits per heavy atom. The van der Waals surface area contributed by atoms with Gasteiger partial charge in [-0.3, -0.25) is 9.59 Å². The molecule has 0 saturated carbocycles. The maximum atomic E-state index is 11.5. The third kappa shape index (κ3) is 1.38. The summed E-state index contributed by atoms with van der Waals surface area (Å²) in [5.74, 6) is -0.291. The summed E-state index contributed by atoms with van der Waals surface area (Å²) in [7, 11) is 0. The molecule has 14 heavy (non-hydrogen) atoms. The number of carbonyl (C=O) groups is 2. The zero-order valence-corrected chi connectivity index (χ0v) is 10.1. The van der Waals surface area contributed by atoms with E-state index in [4.69, 9.17) is 0 Å². The summed E-state index contributed by atoms with van der Waals surface area (Å²) in [5, 5.41) is 0. The highest BCUT2D eigenvalue weighted by Gasteiger charge is 2.23. The van der Waals surface area contributed by atoms with Crippen molar-refractivity contribution in [1.82, 2.24) is 0 Å². The molecule has 0 atom stereocenters. The van der Waals surface area contributed by atoms with Crippen molar-refractivity contribution in [2.45, 2.75) is 0 Å². The lowest BCUT2D eigenvalue weighted by atomic mass is 9.95. The van der Waals surface area contributed by atoms with Crippen LogP contribution in [0.25, 0.3) is 0 Å². The zero-order chi connectivity index (χ0) is 10.3. The van der Waals surface area contributed by atoms with Gasteiger partial charge in [0.2, 0.25) is 0 Å². The molecule has 1 aliphatic carbocycles. The molecule has 0 heterocycles. The Morgan fingerprint density at radius 3 is 1.50 bits per heavy atom. The standard InChI is InChI=1S/C10H4Br2O2/c11-5-1-2-6(12)10-8(14)4-3-7(13)9(5)10/h1-4H. The lowest BCUT2D eigenvalue weighted by Crippen LogP contribution is -2.12. The van der Waals surface area contributed by atoms with E-state index in [2.05, 4.69) is 31.9 Å². The minimum atomic E-state index is -0.146. The van der Waals surface area contributed by atoms with E-state index in [0.717, 1.165) is 0 Å². The molecule has 70 valence electrons. The van der Waals surface area contributed by atoms with Crippen molar-refractivity contribution in [3.05, 3.63) is 44.4 Å². The first-order valence-corrected chi connectivity index (χ1v) is 5.44. The maximum absolute atomic E-state index is 11.5. The van der Waals surface area contributed by atoms with Gasteiger partial charge in [-0.15, -0.1) is 0 Å². The molecule has 0 bridgehead atoms. The fourth-order valence-electron chi connectivity index (χ4n) is 1.35. The molecule has 1 aliphatic rings. The highest BCUT2D eigenvalue weighted by molar-refractivity contribution is 9.11. The molecule has 1 aromatic carbocycles. The van der Waals surface area contributed by atoms with Crippen molar-refractivity contribution in [3.63, 3.8) is 0 Å². The van der Waals surface area contributed by atoms with Crippen molar-refractivity contribution in [1.29, 1.82) is 0 Å². The van der Waals surface area contributed by atoms with E-state index >= 15 is 0 Å². The van der Waals surface area contributed by atoms with E-state index in [1.165, 1.54) is 12.2 Å². The van der Waals surface area contributed by atoms with Gasteiger partial charge in [0.05, 0.1) is 0 Å². The van der Waals surface area contributed by atoms with E-state index in [-0.39, 0.29) is 11.6 Å². The Kier molecular flexibility index (Phi) is 2.41. The second-order valence-electron chi connectivity index (χ2n) is 2.84. The number of fused-ring (bicyclic) bond motifs is 1. The Balaban J connectivity index is 2.83. The summed E-state index contributed by atoms with van der Waals surface area (Å²) in [6.07, 6.45) is 2.59. The van der Waals surface area contributed by atoms with Gasteiger partial charge < -0.3 is 0 Å². The maximum Gasteiger partial charge on any atom is 0.187 e. The van der Waals surface area contributed by atoms with Gasteiger partial charge in [0.25, 0.3) is 0 Å². The first-order valence-electron chi connectivity index (χ1n) is 3.86. The molecule has 0 saturated heterocycles. The van der Waals surface area contributed by atoms with Gasteiger partial charge in [-0.1, -0.05) is 31.9 Å². The van der Waals surface area contributed by atoms with Gasteiger partial charge in [0, 0.05) is 20.1 Å². The highest BCUT2D eigenvalue weighted by Crippen LogP contribution is 2.30. The summed E-state index contributed by atoms with van der Waals surface area (Å²) in [6, 6.07) is 3.49. The molecule has 0 aromatic heterocycles. The molecule has 0 fully saturated rings. The number of ketones is 2. The quantitative estimate of drug-likeness (QED) is 0.737. The third-order valence-electron chi connectivity index (χ3n) is 1.98. The van der Waals surface area contributed by atoms with E-state index in [0.29, 0.717) is 20.1 Å². The third-order valence-corrected chi connectivity index (χ3v) is 3.30. The van der Waals surface area contributed by atoms with Crippen molar-refractivity contribution in [2.24, 2.45) is 0 Å². The normalized spacial score (nSPS) is 14.4. The van der Waals surface area contributed by atoms with Crippen molar-refractivity contribution in [3.8, 4) is 0 Å². The number of benzene rings is 1. The molecule has 0 unspecified atom stereocenters. The minimum Gasteiger partial charge on any atom is -0.289 e. The van der Waals surface area contributed by atoms with E-state index in [9.17, 15) is 9.59 Å². The summed E-state index contributed by atoms with van der Waals surface area (Å²) < 4.78 is 1.30. The van der Waals surface area contributed by atoms with Gasteiger partial charge in [0.15, 0.2) is 11.6 Å². The Morgan fingerprint density at radius 2 is 1.14 bits per heavy atom. The van der Waals surface area contributed by atoms with E-state index in [1.807, 2.05) is 0 Å². The van der Waals surface area contributed by atoms with Gasteiger partial charge in [-0.05, 0) is 24.3 Å². The fraction of sp³-hybridized carbons (Fsp3) is 0. The first kappa shape index (κ1) is 9.80. The molecule has 0 spiro atoms. The molecule has 1 aromatic rings. The summed E-state index contributed by atoms with van der Waals surface area (Å²) in [4.78, 5) is 23.0. The largest absolute Gasteiger partial charge is 0.289 e. The van der Waals surface area contributed by atoms with E-state index in [1.54, 1.807) is 12.1 Å². The minimum absolute atomic E-state index is 0.146. The number of hydrogen-bond acceptors (Lipinski definition) is 2. The number of allylic oxidation sites excluding steroid dienone is 2. The first-order chi connectivity index (χ1) is 6.61. The van der Waals surface area contributed by atoms with Crippen LogP contribution < -0.4 is 0 Å². The van der Waals surface area contributed by atoms with Crippen LogP contribution in [0.2, 0.25) is 0 Å². The molecule has 0 radical (unpaired) electrons. The van der Waals surface area contributed by atoms with Gasteiger partial charge in [0.1, 0.15) is 0 Å². The molecule has 2 rings (SSSR count). The number of hydrogen-bond donors (Lipinski definition) is 0. The summed E-state index contributed by atoms with van der Waals surface area (Å²) in [6.45, 7) is 0. The Labute approximate surface area is 97.3 Å². The average Bonchev–Trinajstić information content (AvgIpc) is 2.16. The smallest absolute Gasteiger partial charge is 0.187 e. The Hall–Kier alpha value is -0.740. The molecule has 0 amide bonds. The van der Waals surface area contributed by atoms with Gasteiger partial charge in [-0.25, -0.2) is 0 Å². The van der Waals surface area contributed by atoms with Crippen LogP contribution in [0.3, 0.4) is 0 Å². The van der Waals surface area contributed by atoms with Crippen LogP contribution in [0.1, 0.15) is 20.7 Å². The lowest BCUT2D eigenvalue weighted by molar-refractivity contribution is 0.0993. The molecule has 0 N–H and O–H groups in total. The van der Waals surface area contributed by atoms with Crippen LogP contribution in [0.5, 0.6) is 0 Å². The lowest BCUT2D eigenvalue weighted by Gasteiger charge is -2.12. The topological polar surface area (TPSA) is 34.1 Å². The molecular weight excluding hydrogens is 312 g/mol. The average molecular weight is 316 g/mol. The number of rotatable bonds is 0. The summed E-state index contributed by atoms with van der Waals surface area (Å²) >= 11 is 6.51. The summed E-state index contributed by atoms with van der Waals surface area (Å²) in [5.41, 5.74) is 0.874. The predicted molar refractivity (Wildman–Crippen MR) is 59.6 cm³/mol. The van der Waals surface area contributed by atoms with Crippen LogP contribution >= 0.6 is 31.9 Å². The molecule has 2 nitrogen and oxygen atoms in total. The van der Waals surface area contributed by atoms with Gasteiger partial charge >= 0.3 is 0 Å². The monoisotopic (exact) mass is 314 g/mol. The fourth-order valence-corrected chi connectivity index (χ4v) is 2.40. The van der Waals surface area contributed by atoms with Crippen LogP contribution in [-0.2, 0) is 0 Å². The van der Waals surface area contributed by atoms with Crippen molar-refractivity contribution >= 4 is 43.4 Å². The Bertz CT molecular complexity index is 432. The predicted octanol–water partition coefficient (Wildman–Crippen LogP) is 3.15. The molecule has 0 aliphatic heterocycles. The van der Waals surface area contributed by atoms with Crippen molar-refractivity contribution < 1.29 is 9.59 Å². The van der Waals surface area contributed by atoms with Crippen LogP contribution in [0.4, 0.5) is 0 Å². The van der Waals surface area contributed by atoms with Crippen LogP contribution in [0, 0.1) is 0 Å². The van der Waals surface area contributed by atoms with Crippen molar-refractivity contribution in [2.75, 3.05) is 0 Å². The second-order valence-corrected chi connectivity index (χ2v) is 4.55. The van der Waals surface area contributed by atoms with Crippen LogP contribution in [-0.4, -0.2) is 11.6 Å². The number of halogens is 2. The zero-order valence-electron chi connectivity index (χ0n) is 6.88. The number of carbonyl (C=O) groups excluding carboxylic acids is 2.